The summed E-state index contributed by atoms with van der Waals surface area (Å²) in [5.74, 6) is 6.18. The first kappa shape index (κ1) is 14.9. The molecule has 0 saturated carbocycles. The topological polar surface area (TPSA) is 73.6 Å². The van der Waals surface area contributed by atoms with Crippen molar-refractivity contribution in [2.24, 2.45) is 5.84 Å². The third-order valence-electron chi connectivity index (χ3n) is 2.86. The number of rotatable bonds is 6. The molecule has 2 aromatic rings. The van der Waals surface area contributed by atoms with Gasteiger partial charge in [0.05, 0.1) is 6.61 Å². The number of nitrogens with one attached hydrogen (secondary N) is 1. The molecule has 2 rings (SSSR count). The van der Waals surface area contributed by atoms with Gasteiger partial charge in [0.25, 0.3) is 5.91 Å². The second-order valence-electron chi connectivity index (χ2n) is 4.34. The molecule has 0 unspecified atom stereocenters. The maximum atomic E-state index is 11.5. The highest BCUT2D eigenvalue weighted by molar-refractivity contribution is 5.93. The van der Waals surface area contributed by atoms with Crippen LogP contribution in [0.25, 0.3) is 0 Å². The zero-order chi connectivity index (χ0) is 15.1. The monoisotopic (exact) mass is 286 g/mol. The lowest BCUT2D eigenvalue weighted by molar-refractivity contribution is 0.0953. The predicted molar refractivity (Wildman–Crippen MR) is 80.0 cm³/mol. The fraction of sp³-hybridized carbons (Fsp3) is 0.188. The van der Waals surface area contributed by atoms with Crippen molar-refractivity contribution in [3.05, 3.63) is 59.7 Å². The van der Waals surface area contributed by atoms with E-state index in [1.165, 1.54) is 0 Å². The Morgan fingerprint density at radius 2 is 1.81 bits per heavy atom. The SMILES string of the molecule is CCOc1ccccc1OCc1cccc(C(=O)NN)c1. The molecule has 0 fully saturated rings. The normalized spacial score (nSPS) is 10.0. The molecule has 110 valence electrons. The first-order valence-corrected chi connectivity index (χ1v) is 6.69. The van der Waals surface area contributed by atoms with Crippen LogP contribution in [0.5, 0.6) is 11.5 Å². The molecule has 21 heavy (non-hydrogen) atoms. The van der Waals surface area contributed by atoms with Crippen molar-refractivity contribution >= 4 is 5.91 Å². The summed E-state index contributed by atoms with van der Waals surface area (Å²) in [7, 11) is 0. The number of carbonyl (C=O) groups is 1. The molecule has 0 heterocycles. The summed E-state index contributed by atoms with van der Waals surface area (Å²) in [6, 6.07) is 14.6. The van der Waals surface area contributed by atoms with Gasteiger partial charge in [0, 0.05) is 5.56 Å². The first-order valence-electron chi connectivity index (χ1n) is 6.69. The van der Waals surface area contributed by atoms with Crippen molar-refractivity contribution in [3.63, 3.8) is 0 Å². The lowest BCUT2D eigenvalue weighted by atomic mass is 10.1. The van der Waals surface area contributed by atoms with Crippen molar-refractivity contribution in [3.8, 4) is 11.5 Å². The number of amides is 1. The van der Waals surface area contributed by atoms with E-state index in [1.54, 1.807) is 18.2 Å². The summed E-state index contributed by atoms with van der Waals surface area (Å²) in [6.07, 6.45) is 0. The van der Waals surface area contributed by atoms with E-state index in [-0.39, 0.29) is 5.91 Å². The molecule has 2 aromatic carbocycles. The number of hydrogen-bond donors (Lipinski definition) is 2. The number of benzene rings is 2. The number of nitrogens with two attached hydrogens (primary N) is 1. The highest BCUT2D eigenvalue weighted by atomic mass is 16.5. The molecule has 0 spiro atoms. The van der Waals surface area contributed by atoms with E-state index in [0.717, 1.165) is 5.56 Å². The second-order valence-corrected chi connectivity index (χ2v) is 4.34. The zero-order valence-electron chi connectivity index (χ0n) is 11.8. The van der Waals surface area contributed by atoms with Crippen molar-refractivity contribution in [1.29, 1.82) is 0 Å². The van der Waals surface area contributed by atoms with Crippen LogP contribution in [0.3, 0.4) is 0 Å². The Kier molecular flexibility index (Phi) is 5.17. The van der Waals surface area contributed by atoms with Gasteiger partial charge in [-0.15, -0.1) is 0 Å². The summed E-state index contributed by atoms with van der Waals surface area (Å²) < 4.78 is 11.3. The molecule has 0 aliphatic rings. The number of hydrazine groups is 1. The van der Waals surface area contributed by atoms with Gasteiger partial charge in [-0.2, -0.15) is 0 Å². The number of para-hydroxylation sites is 2. The van der Waals surface area contributed by atoms with Crippen LogP contribution in [0.4, 0.5) is 0 Å². The molecule has 0 aromatic heterocycles. The smallest absolute Gasteiger partial charge is 0.265 e. The third kappa shape index (κ3) is 3.97. The molecule has 1 amide bonds. The van der Waals surface area contributed by atoms with Gasteiger partial charge in [0.1, 0.15) is 6.61 Å². The van der Waals surface area contributed by atoms with Crippen LogP contribution in [0.1, 0.15) is 22.8 Å². The molecule has 0 bridgehead atoms. The van der Waals surface area contributed by atoms with Crippen LogP contribution in [0.15, 0.2) is 48.5 Å². The third-order valence-corrected chi connectivity index (χ3v) is 2.86. The molecular formula is C16H18N2O3. The van der Waals surface area contributed by atoms with Gasteiger partial charge < -0.3 is 9.47 Å². The van der Waals surface area contributed by atoms with Crippen LogP contribution in [0, 0.1) is 0 Å². The number of nitrogen functional groups attached to an aromatic ring is 1. The van der Waals surface area contributed by atoms with E-state index in [2.05, 4.69) is 5.43 Å². The van der Waals surface area contributed by atoms with E-state index in [0.29, 0.717) is 30.3 Å². The molecule has 3 N–H and O–H groups in total. The Hall–Kier alpha value is -2.53. The van der Waals surface area contributed by atoms with Crippen molar-refractivity contribution < 1.29 is 14.3 Å². The molecule has 0 saturated heterocycles. The number of hydrogen-bond acceptors (Lipinski definition) is 4. The van der Waals surface area contributed by atoms with E-state index in [4.69, 9.17) is 15.3 Å². The van der Waals surface area contributed by atoms with Crippen LogP contribution in [0.2, 0.25) is 0 Å². The van der Waals surface area contributed by atoms with Crippen LogP contribution < -0.4 is 20.7 Å². The quantitative estimate of drug-likeness (QED) is 0.485. The summed E-state index contributed by atoms with van der Waals surface area (Å²) in [5, 5.41) is 0. The largest absolute Gasteiger partial charge is 0.490 e. The highest BCUT2D eigenvalue weighted by Crippen LogP contribution is 2.27. The average molecular weight is 286 g/mol. The van der Waals surface area contributed by atoms with Gasteiger partial charge in [-0.1, -0.05) is 24.3 Å². The molecule has 0 aliphatic carbocycles. The minimum absolute atomic E-state index is 0.327. The fourth-order valence-corrected chi connectivity index (χ4v) is 1.89. The Balaban J connectivity index is 2.08. The summed E-state index contributed by atoms with van der Waals surface area (Å²) >= 11 is 0. The average Bonchev–Trinajstić information content (AvgIpc) is 2.54. The van der Waals surface area contributed by atoms with Crippen LogP contribution in [-0.4, -0.2) is 12.5 Å². The van der Waals surface area contributed by atoms with Gasteiger partial charge in [0.2, 0.25) is 0 Å². The Morgan fingerprint density at radius 3 is 2.48 bits per heavy atom. The van der Waals surface area contributed by atoms with Crippen molar-refractivity contribution in [2.45, 2.75) is 13.5 Å². The van der Waals surface area contributed by atoms with Crippen molar-refractivity contribution in [2.75, 3.05) is 6.61 Å². The Morgan fingerprint density at radius 1 is 1.10 bits per heavy atom. The summed E-state index contributed by atoms with van der Waals surface area (Å²) in [6.45, 7) is 2.84. The second kappa shape index (κ2) is 7.31. The first-order chi connectivity index (χ1) is 10.2. The Labute approximate surface area is 123 Å². The van der Waals surface area contributed by atoms with Gasteiger partial charge in [-0.25, -0.2) is 5.84 Å². The maximum Gasteiger partial charge on any atom is 0.265 e. The number of ether oxygens (including phenoxy) is 2. The summed E-state index contributed by atoms with van der Waals surface area (Å²) in [5.41, 5.74) is 3.48. The maximum absolute atomic E-state index is 11.5. The molecule has 0 atom stereocenters. The standard InChI is InChI=1S/C16H18N2O3/c1-2-20-14-8-3-4-9-15(14)21-11-12-6-5-7-13(10-12)16(19)18-17/h3-10H,2,11,17H2,1H3,(H,18,19). The van der Waals surface area contributed by atoms with Gasteiger partial charge >= 0.3 is 0 Å². The van der Waals surface area contributed by atoms with Crippen LogP contribution >= 0.6 is 0 Å². The lowest BCUT2D eigenvalue weighted by Crippen LogP contribution is -2.30. The molecular weight excluding hydrogens is 268 g/mol. The Bertz CT molecular complexity index is 614. The van der Waals surface area contributed by atoms with Crippen molar-refractivity contribution in [1.82, 2.24) is 5.43 Å². The summed E-state index contributed by atoms with van der Waals surface area (Å²) in [4.78, 5) is 11.5. The van der Waals surface area contributed by atoms with Gasteiger partial charge in [-0.05, 0) is 36.8 Å². The zero-order valence-corrected chi connectivity index (χ0v) is 11.8. The highest BCUT2D eigenvalue weighted by Gasteiger charge is 2.06. The van der Waals surface area contributed by atoms with Gasteiger partial charge in [-0.3, -0.25) is 10.2 Å². The van der Waals surface area contributed by atoms with Crippen LogP contribution in [-0.2, 0) is 6.61 Å². The van der Waals surface area contributed by atoms with Gasteiger partial charge in [0.15, 0.2) is 11.5 Å². The lowest BCUT2D eigenvalue weighted by Gasteiger charge is -2.12. The molecule has 0 radical (unpaired) electrons. The number of carbonyl (C=O) groups excluding carboxylic acids is 1. The fourth-order valence-electron chi connectivity index (χ4n) is 1.89. The minimum atomic E-state index is -0.327. The molecule has 5 heteroatoms. The van der Waals surface area contributed by atoms with E-state index < -0.39 is 0 Å². The molecule has 5 nitrogen and oxygen atoms in total. The molecule has 0 aliphatic heterocycles. The predicted octanol–water partition coefficient (Wildman–Crippen LogP) is 2.27. The van der Waals surface area contributed by atoms with E-state index in [1.807, 2.05) is 37.3 Å². The van der Waals surface area contributed by atoms with E-state index >= 15 is 0 Å². The van der Waals surface area contributed by atoms with E-state index in [9.17, 15) is 4.79 Å². The minimum Gasteiger partial charge on any atom is -0.490 e.